The molecular formula is C18H27ClN2O2. The van der Waals surface area contributed by atoms with Gasteiger partial charge in [0, 0.05) is 37.1 Å². The van der Waals surface area contributed by atoms with Crippen molar-refractivity contribution in [3.63, 3.8) is 0 Å². The van der Waals surface area contributed by atoms with Crippen LogP contribution in [0.3, 0.4) is 0 Å². The Morgan fingerprint density at radius 1 is 1.35 bits per heavy atom. The van der Waals surface area contributed by atoms with Gasteiger partial charge in [-0.05, 0) is 38.8 Å². The van der Waals surface area contributed by atoms with Crippen LogP contribution in [0.2, 0.25) is 5.02 Å². The molecule has 0 aliphatic carbocycles. The maximum absolute atomic E-state index is 12.0. The van der Waals surface area contributed by atoms with Crippen molar-refractivity contribution in [2.45, 2.75) is 51.9 Å². The highest BCUT2D eigenvalue weighted by molar-refractivity contribution is 6.31. The topological polar surface area (TPSA) is 41.6 Å². The predicted octanol–water partition coefficient (Wildman–Crippen LogP) is 2.89. The number of halogens is 1. The quantitative estimate of drug-likeness (QED) is 0.867. The van der Waals surface area contributed by atoms with Crippen molar-refractivity contribution >= 4 is 17.5 Å². The third kappa shape index (κ3) is 5.79. The number of hydrogen-bond donors (Lipinski definition) is 1. The molecule has 3 atom stereocenters. The molecule has 1 aromatic rings. The van der Waals surface area contributed by atoms with Gasteiger partial charge in [0.05, 0.1) is 12.2 Å². The smallest absolute Gasteiger partial charge is 0.220 e. The van der Waals surface area contributed by atoms with Crippen LogP contribution in [0.25, 0.3) is 0 Å². The summed E-state index contributed by atoms with van der Waals surface area (Å²) >= 11 is 6.11. The largest absolute Gasteiger partial charge is 0.373 e. The van der Waals surface area contributed by atoms with Gasteiger partial charge in [0.15, 0.2) is 0 Å². The first kappa shape index (κ1) is 18.2. The van der Waals surface area contributed by atoms with Crippen molar-refractivity contribution in [2.24, 2.45) is 0 Å². The van der Waals surface area contributed by atoms with Crippen LogP contribution >= 0.6 is 11.6 Å². The van der Waals surface area contributed by atoms with Gasteiger partial charge in [-0.3, -0.25) is 9.69 Å². The van der Waals surface area contributed by atoms with E-state index in [1.54, 1.807) is 0 Å². The normalized spacial score (nSPS) is 23.5. The second-order valence-electron chi connectivity index (χ2n) is 6.46. The number of ether oxygens (including phenoxy) is 1. The summed E-state index contributed by atoms with van der Waals surface area (Å²) in [5.74, 6) is 0.0751. The van der Waals surface area contributed by atoms with E-state index in [4.69, 9.17) is 16.3 Å². The number of nitrogens with one attached hydrogen (secondary N) is 1. The van der Waals surface area contributed by atoms with Gasteiger partial charge in [-0.2, -0.15) is 0 Å². The van der Waals surface area contributed by atoms with Crippen LogP contribution in [0.1, 0.15) is 32.8 Å². The Morgan fingerprint density at radius 2 is 2.00 bits per heavy atom. The standard InChI is InChI=1S/C18H27ClN2O2/c1-13(21-11-14(2)23-15(3)12-21)10-20-18(22)9-8-16-6-4-5-7-17(16)19/h4-7,13-15H,8-12H2,1-3H3,(H,20,22). The fraction of sp³-hybridized carbons (Fsp3) is 0.611. The van der Waals surface area contributed by atoms with Gasteiger partial charge in [-0.15, -0.1) is 0 Å². The average Bonchev–Trinajstić information content (AvgIpc) is 2.51. The van der Waals surface area contributed by atoms with Crippen LogP contribution in [-0.4, -0.2) is 48.7 Å². The lowest BCUT2D eigenvalue weighted by atomic mass is 10.1. The molecule has 0 radical (unpaired) electrons. The summed E-state index contributed by atoms with van der Waals surface area (Å²) in [6.45, 7) is 8.84. The van der Waals surface area contributed by atoms with E-state index in [0.717, 1.165) is 23.7 Å². The molecule has 0 bridgehead atoms. The van der Waals surface area contributed by atoms with Crippen molar-refractivity contribution in [3.8, 4) is 0 Å². The molecule has 128 valence electrons. The molecule has 3 unspecified atom stereocenters. The second kappa shape index (κ2) is 8.67. The number of carbonyl (C=O) groups excluding carboxylic acids is 1. The van der Waals surface area contributed by atoms with Gasteiger partial charge in [0.2, 0.25) is 5.91 Å². The SMILES string of the molecule is CC1CN(C(C)CNC(=O)CCc2ccccc2Cl)CC(C)O1. The van der Waals surface area contributed by atoms with E-state index in [9.17, 15) is 4.79 Å². The minimum Gasteiger partial charge on any atom is -0.373 e. The molecule has 4 nitrogen and oxygen atoms in total. The zero-order valence-corrected chi connectivity index (χ0v) is 15.0. The fourth-order valence-electron chi connectivity index (χ4n) is 3.01. The number of carbonyl (C=O) groups is 1. The molecule has 0 aromatic heterocycles. The zero-order chi connectivity index (χ0) is 16.8. The first-order chi connectivity index (χ1) is 11.0. The highest BCUT2D eigenvalue weighted by Crippen LogP contribution is 2.16. The number of nitrogens with zero attached hydrogens (tertiary/aromatic N) is 1. The van der Waals surface area contributed by atoms with E-state index in [-0.39, 0.29) is 18.1 Å². The summed E-state index contributed by atoms with van der Waals surface area (Å²) in [5, 5.41) is 3.76. The molecule has 1 aliphatic heterocycles. The number of rotatable bonds is 6. The summed E-state index contributed by atoms with van der Waals surface area (Å²) in [6.07, 6.45) is 1.63. The molecular weight excluding hydrogens is 312 g/mol. The van der Waals surface area contributed by atoms with E-state index in [1.807, 2.05) is 24.3 Å². The minimum absolute atomic E-state index is 0.0751. The summed E-state index contributed by atoms with van der Waals surface area (Å²) in [7, 11) is 0. The van der Waals surface area contributed by atoms with Crippen molar-refractivity contribution < 1.29 is 9.53 Å². The van der Waals surface area contributed by atoms with Crippen LogP contribution < -0.4 is 5.32 Å². The van der Waals surface area contributed by atoms with Gasteiger partial charge >= 0.3 is 0 Å². The maximum Gasteiger partial charge on any atom is 0.220 e. The van der Waals surface area contributed by atoms with Crippen molar-refractivity contribution in [3.05, 3.63) is 34.9 Å². The van der Waals surface area contributed by atoms with Gasteiger partial charge in [-0.1, -0.05) is 29.8 Å². The Bertz CT molecular complexity index is 513. The Morgan fingerprint density at radius 3 is 2.65 bits per heavy atom. The van der Waals surface area contributed by atoms with E-state index in [1.165, 1.54) is 0 Å². The molecule has 1 N–H and O–H groups in total. The minimum atomic E-state index is 0.0751. The third-order valence-corrected chi connectivity index (χ3v) is 4.61. The lowest BCUT2D eigenvalue weighted by Crippen LogP contribution is -2.52. The highest BCUT2D eigenvalue weighted by atomic mass is 35.5. The van der Waals surface area contributed by atoms with Gasteiger partial charge in [-0.25, -0.2) is 0 Å². The van der Waals surface area contributed by atoms with Crippen LogP contribution in [0.15, 0.2) is 24.3 Å². The Hall–Kier alpha value is -1.10. The van der Waals surface area contributed by atoms with Crippen LogP contribution in [0.4, 0.5) is 0 Å². The molecule has 1 fully saturated rings. The number of amides is 1. The lowest BCUT2D eigenvalue weighted by Gasteiger charge is -2.39. The number of aryl methyl sites for hydroxylation is 1. The van der Waals surface area contributed by atoms with Gasteiger partial charge in [0.25, 0.3) is 0 Å². The second-order valence-corrected chi connectivity index (χ2v) is 6.86. The van der Waals surface area contributed by atoms with Crippen molar-refractivity contribution in [2.75, 3.05) is 19.6 Å². The molecule has 2 rings (SSSR count). The summed E-state index contributed by atoms with van der Waals surface area (Å²) < 4.78 is 5.75. The average molecular weight is 339 g/mol. The van der Waals surface area contributed by atoms with E-state index < -0.39 is 0 Å². The molecule has 1 aliphatic rings. The predicted molar refractivity (Wildman–Crippen MR) is 93.8 cm³/mol. The first-order valence-electron chi connectivity index (χ1n) is 8.35. The molecule has 0 saturated carbocycles. The summed E-state index contributed by atoms with van der Waals surface area (Å²) in [6, 6.07) is 7.99. The van der Waals surface area contributed by atoms with Crippen molar-refractivity contribution in [1.82, 2.24) is 10.2 Å². The molecule has 1 heterocycles. The Balaban J connectivity index is 1.72. The summed E-state index contributed by atoms with van der Waals surface area (Å²) in [5.41, 5.74) is 1.02. The van der Waals surface area contributed by atoms with Gasteiger partial charge < -0.3 is 10.1 Å². The molecule has 1 aromatic carbocycles. The Labute approximate surface area is 144 Å². The van der Waals surface area contributed by atoms with E-state index >= 15 is 0 Å². The lowest BCUT2D eigenvalue weighted by molar-refractivity contribution is -0.121. The number of hydrogen-bond acceptors (Lipinski definition) is 3. The molecule has 1 saturated heterocycles. The van der Waals surface area contributed by atoms with E-state index in [2.05, 4.69) is 31.0 Å². The number of morpholine rings is 1. The third-order valence-electron chi connectivity index (χ3n) is 4.25. The molecule has 23 heavy (non-hydrogen) atoms. The van der Waals surface area contributed by atoms with Crippen LogP contribution in [0.5, 0.6) is 0 Å². The molecule has 1 amide bonds. The molecule has 5 heteroatoms. The fourth-order valence-corrected chi connectivity index (χ4v) is 3.24. The first-order valence-corrected chi connectivity index (χ1v) is 8.73. The zero-order valence-electron chi connectivity index (χ0n) is 14.2. The highest BCUT2D eigenvalue weighted by Gasteiger charge is 2.25. The van der Waals surface area contributed by atoms with E-state index in [0.29, 0.717) is 25.4 Å². The summed E-state index contributed by atoms with van der Waals surface area (Å²) in [4.78, 5) is 14.4. The molecule has 0 spiro atoms. The maximum atomic E-state index is 12.0. The van der Waals surface area contributed by atoms with Crippen LogP contribution in [0, 0.1) is 0 Å². The van der Waals surface area contributed by atoms with Crippen LogP contribution in [-0.2, 0) is 16.0 Å². The van der Waals surface area contributed by atoms with Gasteiger partial charge in [0.1, 0.15) is 0 Å². The number of benzene rings is 1. The Kier molecular flexibility index (Phi) is 6.88. The monoisotopic (exact) mass is 338 g/mol. The van der Waals surface area contributed by atoms with Crippen molar-refractivity contribution in [1.29, 1.82) is 0 Å².